The van der Waals surface area contributed by atoms with E-state index in [0.29, 0.717) is 38.8 Å². The molecule has 0 spiro atoms. The Balaban J connectivity index is 1.69. The number of fused-ring (bicyclic) bond motifs is 3. The maximum absolute atomic E-state index is 12.2. The van der Waals surface area contributed by atoms with E-state index in [-0.39, 0.29) is 5.56 Å². The van der Waals surface area contributed by atoms with Crippen LogP contribution in [0.15, 0.2) is 72.8 Å². The molecule has 1 N–H and O–H groups in total. The molecule has 2 heterocycles. The Labute approximate surface area is 181 Å². The minimum Gasteiger partial charge on any atom is -0.478 e. The van der Waals surface area contributed by atoms with Crippen LogP contribution >= 0.6 is 0 Å². The summed E-state index contributed by atoms with van der Waals surface area (Å²) < 4.78 is 4.72. The summed E-state index contributed by atoms with van der Waals surface area (Å²) in [5, 5.41) is 19.4. The number of esters is 1. The summed E-state index contributed by atoms with van der Waals surface area (Å²) in [7, 11) is 1.31. The van der Waals surface area contributed by atoms with Crippen LogP contribution in [-0.2, 0) is 4.74 Å². The molecule has 8 nitrogen and oxygen atoms in total. The normalized spacial score (nSPS) is 11.0. The first-order valence-electron chi connectivity index (χ1n) is 9.73. The highest BCUT2D eigenvalue weighted by Gasteiger charge is 2.19. The number of pyridine rings is 1. The molecule has 5 rings (SSSR count). The first kappa shape index (κ1) is 19.4. The van der Waals surface area contributed by atoms with E-state index >= 15 is 0 Å². The molecule has 8 heteroatoms. The Hall–Kier alpha value is -4.59. The number of hydrogen-bond acceptors (Lipinski definition) is 6. The maximum atomic E-state index is 12.2. The van der Waals surface area contributed by atoms with Crippen LogP contribution in [0.1, 0.15) is 20.7 Å². The Morgan fingerprint density at radius 3 is 2.31 bits per heavy atom. The monoisotopic (exact) mass is 424 g/mol. The van der Waals surface area contributed by atoms with E-state index in [1.54, 1.807) is 36.4 Å². The van der Waals surface area contributed by atoms with Gasteiger partial charge in [0, 0.05) is 10.9 Å². The molecular formula is C24H16N4O4. The van der Waals surface area contributed by atoms with Gasteiger partial charge >= 0.3 is 11.9 Å². The molecule has 0 radical (unpaired) electrons. The van der Waals surface area contributed by atoms with E-state index in [1.165, 1.54) is 18.0 Å². The van der Waals surface area contributed by atoms with Gasteiger partial charge in [0.25, 0.3) is 0 Å². The summed E-state index contributed by atoms with van der Waals surface area (Å²) in [6.07, 6.45) is 0. The van der Waals surface area contributed by atoms with Crippen molar-refractivity contribution in [3.8, 4) is 16.9 Å². The molecular weight excluding hydrogens is 408 g/mol. The number of methoxy groups -OCH3 is 1. The molecule has 0 amide bonds. The van der Waals surface area contributed by atoms with Gasteiger partial charge in [0.1, 0.15) is 11.0 Å². The Kier molecular flexibility index (Phi) is 4.59. The number of para-hydroxylation sites is 1. The molecule has 0 aliphatic rings. The number of hydrogen-bond donors (Lipinski definition) is 1. The summed E-state index contributed by atoms with van der Waals surface area (Å²) in [6.45, 7) is 0. The molecule has 0 fully saturated rings. The quantitative estimate of drug-likeness (QED) is 0.432. The van der Waals surface area contributed by atoms with Crippen LogP contribution in [0.25, 0.3) is 38.9 Å². The summed E-state index contributed by atoms with van der Waals surface area (Å²) in [4.78, 5) is 30.0. The predicted molar refractivity (Wildman–Crippen MR) is 118 cm³/mol. The van der Waals surface area contributed by atoms with Crippen molar-refractivity contribution in [1.82, 2.24) is 20.0 Å². The number of aromatic nitrogens is 4. The van der Waals surface area contributed by atoms with Gasteiger partial charge in [-0.15, -0.1) is 10.2 Å². The van der Waals surface area contributed by atoms with Crippen LogP contribution in [0.2, 0.25) is 0 Å². The smallest absolute Gasteiger partial charge is 0.337 e. The first-order chi connectivity index (χ1) is 15.5. The predicted octanol–water partition coefficient (Wildman–Crippen LogP) is 4.12. The number of aromatic carboxylic acids is 1. The zero-order valence-corrected chi connectivity index (χ0v) is 16.9. The number of carbonyl (C=O) groups is 2. The fourth-order valence-electron chi connectivity index (χ4n) is 3.59. The third-order valence-electron chi connectivity index (χ3n) is 5.14. The number of carboxylic acid groups (broad SMARTS) is 1. The van der Waals surface area contributed by atoms with Crippen molar-refractivity contribution in [2.45, 2.75) is 0 Å². The second-order valence-corrected chi connectivity index (χ2v) is 7.08. The minimum absolute atomic E-state index is 0.0766. The van der Waals surface area contributed by atoms with Crippen LogP contribution < -0.4 is 0 Å². The van der Waals surface area contributed by atoms with Crippen molar-refractivity contribution < 1.29 is 19.4 Å². The highest BCUT2D eigenvalue weighted by Crippen LogP contribution is 2.30. The summed E-state index contributed by atoms with van der Waals surface area (Å²) >= 11 is 0. The first-order valence-corrected chi connectivity index (χ1v) is 9.73. The molecule has 5 aromatic rings. The molecule has 0 saturated heterocycles. The minimum atomic E-state index is -1.09. The number of rotatable bonds is 4. The Bertz CT molecular complexity index is 1490. The lowest BCUT2D eigenvalue weighted by Crippen LogP contribution is -2.02. The molecule has 32 heavy (non-hydrogen) atoms. The fourth-order valence-corrected chi connectivity index (χ4v) is 3.59. The summed E-state index contributed by atoms with van der Waals surface area (Å²) in [6, 6.07) is 21.0. The SMILES string of the molecule is COC(=O)c1ccc(-c2cc(C(=O)O)c3c(ccc4nn(-c5ccccc5)nc43)n2)cc1. The molecule has 156 valence electrons. The number of nitrogens with zero attached hydrogens (tertiary/aromatic N) is 4. The lowest BCUT2D eigenvalue weighted by Gasteiger charge is -2.08. The number of benzene rings is 3. The number of carboxylic acids is 1. The van der Waals surface area contributed by atoms with Gasteiger partial charge in [-0.25, -0.2) is 14.6 Å². The van der Waals surface area contributed by atoms with Crippen molar-refractivity contribution in [2.24, 2.45) is 0 Å². The van der Waals surface area contributed by atoms with Crippen molar-refractivity contribution in [1.29, 1.82) is 0 Å². The van der Waals surface area contributed by atoms with E-state index in [4.69, 9.17) is 4.74 Å². The second-order valence-electron chi connectivity index (χ2n) is 7.08. The van der Waals surface area contributed by atoms with Crippen LogP contribution in [0.5, 0.6) is 0 Å². The van der Waals surface area contributed by atoms with Gasteiger partial charge in [0.15, 0.2) is 0 Å². The topological polar surface area (TPSA) is 107 Å². The molecule has 2 aromatic heterocycles. The van der Waals surface area contributed by atoms with Crippen LogP contribution in [-0.4, -0.2) is 44.1 Å². The number of ether oxygens (including phenoxy) is 1. The van der Waals surface area contributed by atoms with Gasteiger partial charge in [0.2, 0.25) is 0 Å². The fraction of sp³-hybridized carbons (Fsp3) is 0.0417. The molecule has 0 unspecified atom stereocenters. The zero-order valence-electron chi connectivity index (χ0n) is 16.9. The van der Waals surface area contributed by atoms with Crippen LogP contribution in [0, 0.1) is 0 Å². The lowest BCUT2D eigenvalue weighted by molar-refractivity contribution is 0.0600. The van der Waals surface area contributed by atoms with Crippen molar-refractivity contribution in [3.63, 3.8) is 0 Å². The van der Waals surface area contributed by atoms with Gasteiger partial charge in [0.05, 0.1) is 35.1 Å². The van der Waals surface area contributed by atoms with Gasteiger partial charge in [-0.1, -0.05) is 30.3 Å². The largest absolute Gasteiger partial charge is 0.478 e. The van der Waals surface area contributed by atoms with E-state index in [1.807, 2.05) is 30.3 Å². The standard InChI is InChI=1S/C24H16N4O4/c1-32-24(31)15-9-7-14(8-10-15)20-13-17(23(29)30)21-18(25-20)11-12-19-22(21)27-28(26-19)16-5-3-2-4-6-16/h2-13H,1H3,(H,29,30). The Morgan fingerprint density at radius 2 is 1.62 bits per heavy atom. The molecule has 0 saturated carbocycles. The summed E-state index contributed by atoms with van der Waals surface area (Å²) in [5.41, 5.74) is 3.91. The van der Waals surface area contributed by atoms with Gasteiger partial charge < -0.3 is 9.84 Å². The second kappa shape index (κ2) is 7.59. The number of carbonyl (C=O) groups excluding carboxylic acids is 1. The maximum Gasteiger partial charge on any atom is 0.337 e. The zero-order chi connectivity index (χ0) is 22.2. The van der Waals surface area contributed by atoms with E-state index in [9.17, 15) is 14.7 Å². The lowest BCUT2D eigenvalue weighted by atomic mass is 10.0. The third kappa shape index (κ3) is 3.24. The highest BCUT2D eigenvalue weighted by molar-refractivity contribution is 6.13. The Morgan fingerprint density at radius 1 is 0.906 bits per heavy atom. The van der Waals surface area contributed by atoms with E-state index < -0.39 is 11.9 Å². The molecule has 0 atom stereocenters. The average Bonchev–Trinajstić information content (AvgIpc) is 3.28. The molecule has 0 aliphatic heterocycles. The molecule has 0 aliphatic carbocycles. The van der Waals surface area contributed by atoms with Crippen LogP contribution in [0.3, 0.4) is 0 Å². The van der Waals surface area contributed by atoms with Crippen molar-refractivity contribution in [3.05, 3.63) is 83.9 Å². The van der Waals surface area contributed by atoms with E-state index in [0.717, 1.165) is 5.69 Å². The van der Waals surface area contributed by atoms with Crippen molar-refractivity contribution >= 4 is 33.9 Å². The van der Waals surface area contributed by atoms with Gasteiger partial charge in [-0.3, -0.25) is 0 Å². The highest BCUT2D eigenvalue weighted by atomic mass is 16.5. The summed E-state index contributed by atoms with van der Waals surface area (Å²) in [5.74, 6) is -1.54. The third-order valence-corrected chi connectivity index (χ3v) is 5.14. The molecule has 0 bridgehead atoms. The average molecular weight is 424 g/mol. The van der Waals surface area contributed by atoms with Crippen LogP contribution in [0.4, 0.5) is 0 Å². The van der Waals surface area contributed by atoms with Crippen molar-refractivity contribution in [2.75, 3.05) is 7.11 Å². The van der Waals surface area contributed by atoms with Gasteiger partial charge in [-0.05, 0) is 42.5 Å². The molecule has 3 aromatic carbocycles. The van der Waals surface area contributed by atoms with Gasteiger partial charge in [-0.2, -0.15) is 4.80 Å². The van der Waals surface area contributed by atoms with E-state index in [2.05, 4.69) is 15.2 Å².